The summed E-state index contributed by atoms with van der Waals surface area (Å²) in [5.74, 6) is -0.577. The number of carbonyl (C=O) groups excluding carboxylic acids is 1. The quantitative estimate of drug-likeness (QED) is 0.505. The zero-order valence-electron chi connectivity index (χ0n) is 17.0. The van der Waals surface area contributed by atoms with Crippen LogP contribution >= 0.6 is 11.8 Å². The third-order valence-corrected chi connectivity index (χ3v) is 5.78. The molecule has 0 amide bonds. The summed E-state index contributed by atoms with van der Waals surface area (Å²) in [6, 6.07) is 6.15. The van der Waals surface area contributed by atoms with Gasteiger partial charge >= 0.3 is 5.69 Å². The lowest BCUT2D eigenvalue weighted by Crippen LogP contribution is -2.42. The van der Waals surface area contributed by atoms with E-state index < -0.39 is 22.3 Å². The van der Waals surface area contributed by atoms with Crippen molar-refractivity contribution >= 4 is 23.4 Å². The number of hydrogen-bond donors (Lipinski definition) is 1. The van der Waals surface area contributed by atoms with Crippen molar-refractivity contribution in [2.24, 2.45) is 14.1 Å². The Morgan fingerprint density at radius 2 is 1.72 bits per heavy atom. The maximum absolute atomic E-state index is 13.0. The molecule has 0 bridgehead atoms. The highest BCUT2D eigenvalue weighted by Gasteiger charge is 2.26. The predicted octanol–water partition coefficient (Wildman–Crippen LogP) is 1.83. The Labute approximate surface area is 172 Å². The van der Waals surface area contributed by atoms with E-state index in [-0.39, 0.29) is 11.4 Å². The van der Waals surface area contributed by atoms with Crippen LogP contribution in [0.4, 0.5) is 5.82 Å². The van der Waals surface area contributed by atoms with Crippen molar-refractivity contribution < 1.29 is 4.79 Å². The van der Waals surface area contributed by atoms with Gasteiger partial charge in [0.25, 0.3) is 5.56 Å². The van der Waals surface area contributed by atoms with Gasteiger partial charge in [-0.15, -0.1) is 0 Å². The minimum absolute atomic E-state index is 0.131. The number of carbonyl (C=O) groups is 1. The molecule has 0 saturated heterocycles. The van der Waals surface area contributed by atoms with E-state index >= 15 is 0 Å². The molecule has 2 heterocycles. The monoisotopic (exact) mass is 413 g/mol. The SMILES string of the molecule is Cc1cc(C)cc(-n2ccnc2SC(C)C(=O)c2c(N)n(C)c(=O)n(C)c2=O)c1. The molecule has 0 fully saturated rings. The summed E-state index contributed by atoms with van der Waals surface area (Å²) in [7, 11) is 2.75. The highest BCUT2D eigenvalue weighted by atomic mass is 32.2. The lowest BCUT2D eigenvalue weighted by Gasteiger charge is -2.15. The van der Waals surface area contributed by atoms with E-state index in [1.165, 1.54) is 25.9 Å². The number of imidazole rings is 1. The number of aryl methyl sites for hydroxylation is 2. The molecule has 8 nitrogen and oxygen atoms in total. The summed E-state index contributed by atoms with van der Waals surface area (Å²) in [5, 5.41) is -0.00868. The summed E-state index contributed by atoms with van der Waals surface area (Å²) in [4.78, 5) is 41.9. The third-order valence-electron chi connectivity index (χ3n) is 4.70. The zero-order chi connectivity index (χ0) is 21.5. The van der Waals surface area contributed by atoms with Gasteiger partial charge in [-0.1, -0.05) is 17.8 Å². The van der Waals surface area contributed by atoms with Crippen LogP contribution < -0.4 is 17.0 Å². The second-order valence-corrected chi connectivity index (χ2v) is 8.32. The van der Waals surface area contributed by atoms with Gasteiger partial charge in [-0.05, 0) is 44.0 Å². The second-order valence-electron chi connectivity index (χ2n) is 7.02. The maximum atomic E-state index is 13.0. The molecule has 2 N–H and O–H groups in total. The average Bonchev–Trinajstić information content (AvgIpc) is 3.12. The van der Waals surface area contributed by atoms with E-state index in [2.05, 4.69) is 11.1 Å². The van der Waals surface area contributed by atoms with Crippen molar-refractivity contribution in [2.45, 2.75) is 31.2 Å². The van der Waals surface area contributed by atoms with E-state index in [0.717, 1.165) is 25.9 Å². The molecule has 1 unspecified atom stereocenters. The smallest absolute Gasteiger partial charge is 0.332 e. The van der Waals surface area contributed by atoms with Gasteiger partial charge in [-0.2, -0.15) is 0 Å². The van der Waals surface area contributed by atoms with Crippen LogP contribution in [0.2, 0.25) is 0 Å². The van der Waals surface area contributed by atoms with Crippen molar-refractivity contribution in [3.05, 3.63) is 68.1 Å². The first-order valence-electron chi connectivity index (χ1n) is 9.00. The summed E-state index contributed by atoms with van der Waals surface area (Å²) >= 11 is 1.23. The van der Waals surface area contributed by atoms with E-state index in [1.807, 2.05) is 36.7 Å². The first-order chi connectivity index (χ1) is 13.6. The molecule has 0 aliphatic rings. The van der Waals surface area contributed by atoms with E-state index in [9.17, 15) is 14.4 Å². The van der Waals surface area contributed by atoms with Gasteiger partial charge in [0, 0.05) is 32.2 Å². The Kier molecular flexibility index (Phi) is 5.52. The van der Waals surface area contributed by atoms with Gasteiger partial charge in [-0.3, -0.25) is 23.3 Å². The summed E-state index contributed by atoms with van der Waals surface area (Å²) in [6.07, 6.45) is 3.49. The minimum Gasteiger partial charge on any atom is -0.384 e. The maximum Gasteiger partial charge on any atom is 0.332 e. The van der Waals surface area contributed by atoms with Gasteiger partial charge in [0.2, 0.25) is 0 Å². The van der Waals surface area contributed by atoms with Crippen LogP contribution in [0.3, 0.4) is 0 Å². The first-order valence-corrected chi connectivity index (χ1v) is 9.88. The fourth-order valence-electron chi connectivity index (χ4n) is 3.17. The number of nitrogen functional groups attached to an aromatic ring is 1. The van der Waals surface area contributed by atoms with Crippen LogP contribution in [0, 0.1) is 13.8 Å². The van der Waals surface area contributed by atoms with E-state index in [4.69, 9.17) is 5.73 Å². The summed E-state index contributed by atoms with van der Waals surface area (Å²) in [6.45, 7) is 5.73. The summed E-state index contributed by atoms with van der Waals surface area (Å²) < 4.78 is 3.89. The number of benzene rings is 1. The fraction of sp³-hybridized carbons (Fsp3) is 0.300. The molecule has 0 spiro atoms. The van der Waals surface area contributed by atoms with Crippen LogP contribution in [0.1, 0.15) is 28.4 Å². The van der Waals surface area contributed by atoms with Crippen LogP contribution in [-0.2, 0) is 14.1 Å². The molecule has 9 heteroatoms. The Morgan fingerprint density at radius 3 is 2.34 bits per heavy atom. The third kappa shape index (κ3) is 3.77. The molecule has 3 rings (SSSR count). The van der Waals surface area contributed by atoms with Gasteiger partial charge in [-0.25, -0.2) is 9.78 Å². The normalized spacial score (nSPS) is 12.2. The number of hydrogen-bond acceptors (Lipinski definition) is 6. The number of ketones is 1. The first kappa shape index (κ1) is 20.7. The van der Waals surface area contributed by atoms with Gasteiger partial charge in [0.15, 0.2) is 10.9 Å². The average molecular weight is 414 g/mol. The minimum atomic E-state index is -0.694. The molecular weight excluding hydrogens is 390 g/mol. The summed E-state index contributed by atoms with van der Waals surface area (Å²) in [5.41, 5.74) is 7.65. The van der Waals surface area contributed by atoms with Gasteiger partial charge < -0.3 is 5.73 Å². The highest BCUT2D eigenvalue weighted by molar-refractivity contribution is 8.00. The molecule has 0 aliphatic heterocycles. The molecule has 2 aromatic heterocycles. The molecule has 3 aromatic rings. The van der Waals surface area contributed by atoms with Crippen LogP contribution in [0.25, 0.3) is 5.69 Å². The Hall–Kier alpha value is -3.07. The number of thioether (sulfide) groups is 1. The van der Waals surface area contributed by atoms with Crippen molar-refractivity contribution in [1.82, 2.24) is 18.7 Å². The largest absolute Gasteiger partial charge is 0.384 e. The number of Topliss-reactive ketones (excluding diaryl/α,β-unsaturated/α-hetero) is 1. The molecule has 1 aromatic carbocycles. The zero-order valence-corrected chi connectivity index (χ0v) is 17.8. The van der Waals surface area contributed by atoms with Crippen LogP contribution in [0.15, 0.2) is 45.3 Å². The number of rotatable bonds is 5. The number of nitrogens with two attached hydrogens (primary N) is 1. The Balaban J connectivity index is 1.96. The predicted molar refractivity (Wildman–Crippen MR) is 114 cm³/mol. The molecule has 152 valence electrons. The lowest BCUT2D eigenvalue weighted by molar-refractivity contribution is 0.0992. The fourth-order valence-corrected chi connectivity index (χ4v) is 4.11. The van der Waals surface area contributed by atoms with Crippen molar-refractivity contribution in [3.63, 3.8) is 0 Å². The topological polar surface area (TPSA) is 105 Å². The van der Waals surface area contributed by atoms with Crippen molar-refractivity contribution in [2.75, 3.05) is 5.73 Å². The second kappa shape index (κ2) is 7.75. The standard InChI is InChI=1S/C20H23N5O3S/c1-11-8-12(2)10-14(9-11)25-7-6-22-19(25)29-13(3)16(26)15-17(21)23(4)20(28)24(5)18(15)27/h6-10,13H,21H2,1-5H3. The van der Waals surface area contributed by atoms with Gasteiger partial charge in [0.05, 0.1) is 5.25 Å². The molecule has 0 radical (unpaired) electrons. The highest BCUT2D eigenvalue weighted by Crippen LogP contribution is 2.27. The van der Waals surface area contributed by atoms with Crippen LogP contribution in [0.5, 0.6) is 0 Å². The van der Waals surface area contributed by atoms with E-state index in [1.54, 1.807) is 13.1 Å². The van der Waals surface area contributed by atoms with Crippen LogP contribution in [-0.4, -0.2) is 29.7 Å². The van der Waals surface area contributed by atoms with E-state index in [0.29, 0.717) is 5.16 Å². The lowest BCUT2D eigenvalue weighted by atomic mass is 10.1. The number of aromatic nitrogens is 4. The molecule has 0 aliphatic carbocycles. The van der Waals surface area contributed by atoms with Gasteiger partial charge in [0.1, 0.15) is 11.4 Å². The Bertz CT molecular complexity index is 1200. The molecule has 1 atom stereocenters. The molecule has 29 heavy (non-hydrogen) atoms. The number of nitrogens with zero attached hydrogens (tertiary/aromatic N) is 4. The van der Waals surface area contributed by atoms with Crippen molar-refractivity contribution in [3.8, 4) is 5.69 Å². The molecular formula is C20H23N5O3S. The Morgan fingerprint density at radius 1 is 1.10 bits per heavy atom. The van der Waals surface area contributed by atoms with Crippen molar-refractivity contribution in [1.29, 1.82) is 0 Å². The number of anilines is 1. The molecule has 0 saturated carbocycles.